The summed E-state index contributed by atoms with van der Waals surface area (Å²) in [4.78, 5) is 33.7. The molecule has 3 aromatic rings. The number of piperazine rings is 1. The van der Waals surface area contributed by atoms with Crippen LogP contribution in [0.1, 0.15) is 0 Å². The van der Waals surface area contributed by atoms with E-state index in [1.54, 1.807) is 17.0 Å². The standard InChI is InChI=1S/C23H21ClN4O4/c24-17-3-1-2-4-19(17)26-7-9-27(10-8-26)23(30)13-28-14-25-18(12-22(28)29)16-5-6-20-21(11-16)32-15-31-20/h1-6,11-12,14H,7-10,13,15H2. The van der Waals surface area contributed by atoms with Gasteiger partial charge in [-0.2, -0.15) is 0 Å². The van der Waals surface area contributed by atoms with Crippen LogP contribution in [-0.2, 0) is 11.3 Å². The van der Waals surface area contributed by atoms with Crippen molar-refractivity contribution in [1.29, 1.82) is 0 Å². The number of amides is 1. The zero-order valence-electron chi connectivity index (χ0n) is 17.2. The molecule has 3 heterocycles. The average Bonchev–Trinajstić information content (AvgIpc) is 3.29. The van der Waals surface area contributed by atoms with Crippen molar-refractivity contribution < 1.29 is 14.3 Å². The molecule has 0 unspecified atom stereocenters. The van der Waals surface area contributed by atoms with Crippen LogP contribution in [0.5, 0.6) is 11.5 Å². The van der Waals surface area contributed by atoms with Gasteiger partial charge in [-0.1, -0.05) is 23.7 Å². The van der Waals surface area contributed by atoms with Gasteiger partial charge in [0.05, 0.1) is 22.7 Å². The van der Waals surface area contributed by atoms with Crippen molar-refractivity contribution in [3.8, 4) is 22.8 Å². The second-order valence-corrected chi connectivity index (χ2v) is 8.03. The van der Waals surface area contributed by atoms with Crippen LogP contribution < -0.4 is 19.9 Å². The average molecular weight is 453 g/mol. The molecule has 1 fully saturated rings. The maximum absolute atomic E-state index is 12.8. The summed E-state index contributed by atoms with van der Waals surface area (Å²) in [7, 11) is 0. The van der Waals surface area contributed by atoms with Crippen LogP contribution in [0.25, 0.3) is 11.3 Å². The molecule has 0 aliphatic carbocycles. The molecule has 0 spiro atoms. The smallest absolute Gasteiger partial charge is 0.254 e. The van der Waals surface area contributed by atoms with Gasteiger partial charge in [-0.25, -0.2) is 4.98 Å². The van der Waals surface area contributed by atoms with E-state index in [2.05, 4.69) is 9.88 Å². The summed E-state index contributed by atoms with van der Waals surface area (Å²) in [6.45, 7) is 2.66. The third-order valence-electron chi connectivity index (χ3n) is 5.68. The van der Waals surface area contributed by atoms with Gasteiger partial charge in [0.2, 0.25) is 12.7 Å². The molecular weight excluding hydrogens is 432 g/mol. The predicted molar refractivity (Wildman–Crippen MR) is 120 cm³/mol. The van der Waals surface area contributed by atoms with E-state index >= 15 is 0 Å². The third kappa shape index (κ3) is 4.01. The molecule has 0 atom stereocenters. The second-order valence-electron chi connectivity index (χ2n) is 7.63. The fraction of sp³-hybridized carbons (Fsp3) is 0.261. The number of aromatic nitrogens is 2. The molecule has 0 bridgehead atoms. The van der Waals surface area contributed by atoms with Gasteiger partial charge in [0.15, 0.2) is 11.5 Å². The minimum absolute atomic E-state index is 0.0423. The number of para-hydroxylation sites is 1. The van der Waals surface area contributed by atoms with Crippen molar-refractivity contribution in [1.82, 2.24) is 14.5 Å². The van der Waals surface area contributed by atoms with E-state index in [9.17, 15) is 9.59 Å². The number of carbonyl (C=O) groups is 1. The topological polar surface area (TPSA) is 76.9 Å². The molecule has 2 aliphatic rings. The number of rotatable bonds is 4. The number of hydrogen-bond acceptors (Lipinski definition) is 6. The Balaban J connectivity index is 1.23. The monoisotopic (exact) mass is 452 g/mol. The van der Waals surface area contributed by atoms with E-state index < -0.39 is 0 Å². The summed E-state index contributed by atoms with van der Waals surface area (Å²) in [5.41, 5.74) is 1.96. The highest BCUT2D eigenvalue weighted by molar-refractivity contribution is 6.33. The SMILES string of the molecule is O=C(Cn1cnc(-c2ccc3c(c2)OCO3)cc1=O)N1CCN(c2ccccc2Cl)CC1. The lowest BCUT2D eigenvalue weighted by atomic mass is 10.1. The zero-order valence-corrected chi connectivity index (χ0v) is 18.0. The first-order chi connectivity index (χ1) is 15.6. The number of ether oxygens (including phenoxy) is 2. The van der Waals surface area contributed by atoms with Crippen LogP contribution >= 0.6 is 11.6 Å². The van der Waals surface area contributed by atoms with Gasteiger partial charge in [-0.15, -0.1) is 0 Å². The van der Waals surface area contributed by atoms with E-state index in [1.807, 2.05) is 30.3 Å². The molecule has 5 rings (SSSR count). The summed E-state index contributed by atoms with van der Waals surface area (Å²) in [5, 5.41) is 0.701. The van der Waals surface area contributed by atoms with Crippen LogP contribution in [0.4, 0.5) is 5.69 Å². The normalized spacial score (nSPS) is 15.2. The molecule has 1 aromatic heterocycles. The molecule has 164 valence electrons. The van der Waals surface area contributed by atoms with Crippen LogP contribution in [0, 0.1) is 0 Å². The number of halogens is 1. The molecule has 8 nitrogen and oxygen atoms in total. The van der Waals surface area contributed by atoms with Crippen molar-refractivity contribution in [2.24, 2.45) is 0 Å². The fourth-order valence-electron chi connectivity index (χ4n) is 3.91. The molecule has 1 amide bonds. The van der Waals surface area contributed by atoms with Gasteiger partial charge in [0.25, 0.3) is 5.56 Å². The lowest BCUT2D eigenvalue weighted by molar-refractivity contribution is -0.132. The van der Waals surface area contributed by atoms with E-state index in [1.165, 1.54) is 17.0 Å². The van der Waals surface area contributed by atoms with Crippen molar-refractivity contribution in [2.75, 3.05) is 37.9 Å². The molecule has 32 heavy (non-hydrogen) atoms. The summed E-state index contributed by atoms with van der Waals surface area (Å²) < 4.78 is 12.0. The highest BCUT2D eigenvalue weighted by Crippen LogP contribution is 2.35. The Bertz CT molecular complexity index is 1220. The third-order valence-corrected chi connectivity index (χ3v) is 6.00. The number of carbonyl (C=O) groups excluding carboxylic acids is 1. The molecular formula is C23H21ClN4O4. The first kappa shape index (κ1) is 20.4. The van der Waals surface area contributed by atoms with E-state index in [4.69, 9.17) is 21.1 Å². The lowest BCUT2D eigenvalue weighted by Crippen LogP contribution is -2.50. The number of nitrogens with zero attached hydrogens (tertiary/aromatic N) is 4. The second kappa shape index (κ2) is 8.55. The summed E-state index contributed by atoms with van der Waals surface area (Å²) >= 11 is 6.29. The van der Waals surface area contributed by atoms with Gasteiger partial charge >= 0.3 is 0 Å². The Hall–Kier alpha value is -3.52. The van der Waals surface area contributed by atoms with E-state index in [0.29, 0.717) is 48.4 Å². The van der Waals surface area contributed by atoms with E-state index in [-0.39, 0.29) is 24.8 Å². The summed E-state index contributed by atoms with van der Waals surface area (Å²) in [6, 6.07) is 14.5. The van der Waals surface area contributed by atoms with Crippen molar-refractivity contribution in [2.45, 2.75) is 6.54 Å². The predicted octanol–water partition coefficient (Wildman–Crippen LogP) is 2.64. The molecule has 0 radical (unpaired) electrons. The number of fused-ring (bicyclic) bond motifs is 1. The minimum Gasteiger partial charge on any atom is -0.454 e. The Kier molecular flexibility index (Phi) is 5.45. The first-order valence-electron chi connectivity index (χ1n) is 10.3. The van der Waals surface area contributed by atoms with Crippen molar-refractivity contribution >= 4 is 23.2 Å². The summed E-state index contributed by atoms with van der Waals surface area (Å²) in [5.74, 6) is 1.19. The Morgan fingerprint density at radius 3 is 2.56 bits per heavy atom. The van der Waals surface area contributed by atoms with Crippen LogP contribution in [0.15, 0.2) is 59.7 Å². The Morgan fingerprint density at radius 1 is 1.00 bits per heavy atom. The van der Waals surface area contributed by atoms with Crippen molar-refractivity contribution in [3.05, 3.63) is 70.2 Å². The molecule has 2 aliphatic heterocycles. The Labute approximate surface area is 189 Å². The first-order valence-corrected chi connectivity index (χ1v) is 10.7. The van der Waals surface area contributed by atoms with Crippen LogP contribution in [0.2, 0.25) is 5.02 Å². The van der Waals surface area contributed by atoms with Crippen molar-refractivity contribution in [3.63, 3.8) is 0 Å². The van der Waals surface area contributed by atoms with Gasteiger partial charge in [-0.3, -0.25) is 14.2 Å². The van der Waals surface area contributed by atoms with Gasteiger partial charge < -0.3 is 19.3 Å². The quantitative estimate of drug-likeness (QED) is 0.605. The largest absolute Gasteiger partial charge is 0.454 e. The van der Waals surface area contributed by atoms with E-state index in [0.717, 1.165) is 11.3 Å². The molecule has 2 aromatic carbocycles. The van der Waals surface area contributed by atoms with Crippen LogP contribution in [-0.4, -0.2) is 53.3 Å². The maximum Gasteiger partial charge on any atom is 0.254 e. The minimum atomic E-state index is -0.282. The number of anilines is 1. The number of hydrogen-bond donors (Lipinski definition) is 0. The lowest BCUT2D eigenvalue weighted by Gasteiger charge is -2.36. The number of benzene rings is 2. The molecule has 1 saturated heterocycles. The molecule has 9 heteroatoms. The molecule has 0 N–H and O–H groups in total. The molecule has 0 saturated carbocycles. The maximum atomic E-state index is 12.8. The van der Waals surface area contributed by atoms with Crippen LogP contribution in [0.3, 0.4) is 0 Å². The zero-order chi connectivity index (χ0) is 22.1. The van der Waals surface area contributed by atoms with Gasteiger partial charge in [-0.05, 0) is 30.3 Å². The highest BCUT2D eigenvalue weighted by atomic mass is 35.5. The fourth-order valence-corrected chi connectivity index (χ4v) is 4.16. The van der Waals surface area contributed by atoms with Gasteiger partial charge in [0, 0.05) is 37.8 Å². The highest BCUT2D eigenvalue weighted by Gasteiger charge is 2.23. The summed E-state index contributed by atoms with van der Waals surface area (Å²) in [6.07, 6.45) is 1.42. The Morgan fingerprint density at radius 2 is 1.78 bits per heavy atom. The van der Waals surface area contributed by atoms with Gasteiger partial charge in [0.1, 0.15) is 6.54 Å².